The average molecular weight is 472 g/mol. The molecule has 5 rings (SSSR count). The molecule has 0 amide bonds. The Bertz CT molecular complexity index is 1330. The zero-order valence-corrected chi connectivity index (χ0v) is 18.9. The third-order valence-electron chi connectivity index (χ3n) is 6.51. The summed E-state index contributed by atoms with van der Waals surface area (Å²) >= 11 is 5.85. The van der Waals surface area contributed by atoms with E-state index in [1.165, 1.54) is 30.7 Å². The average Bonchev–Trinajstić information content (AvgIpc) is 3.39. The van der Waals surface area contributed by atoms with E-state index in [1.807, 2.05) is 6.92 Å². The first-order chi connectivity index (χ1) is 15.8. The number of carboxylic acids is 1. The Morgan fingerprint density at radius 1 is 1.30 bits per heavy atom. The molecule has 1 aromatic carbocycles. The summed E-state index contributed by atoms with van der Waals surface area (Å²) in [5.41, 5.74) is 0.569. The minimum Gasteiger partial charge on any atom is -0.476 e. The highest BCUT2D eigenvalue weighted by molar-refractivity contribution is 6.29. The normalized spacial score (nSPS) is 20.1. The topological polar surface area (TPSA) is 100 Å². The second kappa shape index (κ2) is 7.98. The largest absolute Gasteiger partial charge is 0.476 e. The van der Waals surface area contributed by atoms with E-state index >= 15 is 0 Å². The molecular formula is C23H23ClFN5O3. The van der Waals surface area contributed by atoms with E-state index in [-0.39, 0.29) is 27.5 Å². The van der Waals surface area contributed by atoms with Crippen LogP contribution in [0.4, 0.5) is 16.0 Å². The molecule has 2 fully saturated rings. The Morgan fingerprint density at radius 3 is 2.70 bits per heavy atom. The highest BCUT2D eigenvalue weighted by Crippen LogP contribution is 2.46. The quantitative estimate of drug-likeness (QED) is 0.525. The molecule has 1 aliphatic heterocycles. The van der Waals surface area contributed by atoms with Crippen LogP contribution in [0, 0.1) is 17.7 Å². The summed E-state index contributed by atoms with van der Waals surface area (Å²) in [6, 6.07) is 4.97. The van der Waals surface area contributed by atoms with E-state index in [4.69, 9.17) is 16.6 Å². The summed E-state index contributed by atoms with van der Waals surface area (Å²) < 4.78 is 16.2. The Hall–Kier alpha value is -3.20. The lowest BCUT2D eigenvalue weighted by Crippen LogP contribution is -2.33. The summed E-state index contributed by atoms with van der Waals surface area (Å²) in [7, 11) is 0. The Kier molecular flexibility index (Phi) is 5.23. The second-order valence-corrected chi connectivity index (χ2v) is 9.10. The van der Waals surface area contributed by atoms with Crippen LogP contribution >= 0.6 is 11.6 Å². The van der Waals surface area contributed by atoms with Gasteiger partial charge < -0.3 is 15.3 Å². The number of benzene rings is 1. The van der Waals surface area contributed by atoms with Crippen LogP contribution < -0.4 is 15.8 Å². The monoisotopic (exact) mass is 471 g/mol. The van der Waals surface area contributed by atoms with Gasteiger partial charge in [0.1, 0.15) is 11.0 Å². The molecule has 10 heteroatoms. The van der Waals surface area contributed by atoms with Gasteiger partial charge >= 0.3 is 5.97 Å². The van der Waals surface area contributed by atoms with Crippen LogP contribution in [-0.2, 0) is 6.54 Å². The summed E-state index contributed by atoms with van der Waals surface area (Å²) in [4.78, 5) is 35.8. The second-order valence-electron chi connectivity index (χ2n) is 8.71. The number of aromatic carboxylic acids is 1. The lowest BCUT2D eigenvalue weighted by molar-refractivity contribution is 0.0691. The first-order valence-corrected chi connectivity index (χ1v) is 11.3. The van der Waals surface area contributed by atoms with Crippen molar-refractivity contribution in [2.75, 3.05) is 23.3 Å². The number of hydrogen-bond acceptors (Lipinski definition) is 6. The fourth-order valence-electron chi connectivity index (χ4n) is 4.75. The van der Waals surface area contributed by atoms with E-state index in [0.717, 1.165) is 13.1 Å². The SMILES string of the molecule is CCn1c(N2CC3CC3C2)nc2c([C@H](C)Nc3ccc(Cl)nc3C(=O)O)cc(F)cc2c1=O. The van der Waals surface area contributed by atoms with Crippen molar-refractivity contribution >= 4 is 40.1 Å². The molecule has 2 N–H and O–H groups in total. The van der Waals surface area contributed by atoms with Crippen LogP contribution in [0.5, 0.6) is 0 Å². The first kappa shape index (κ1) is 21.6. The van der Waals surface area contributed by atoms with E-state index in [9.17, 15) is 19.1 Å². The summed E-state index contributed by atoms with van der Waals surface area (Å²) in [5, 5.41) is 12.8. The molecule has 0 bridgehead atoms. The minimum atomic E-state index is -1.24. The van der Waals surface area contributed by atoms with Gasteiger partial charge in [0, 0.05) is 25.2 Å². The van der Waals surface area contributed by atoms with Crippen LogP contribution in [0.15, 0.2) is 29.1 Å². The number of nitrogens with one attached hydrogen (secondary N) is 1. The standard InChI is InChI=1S/C23H23ClFN5O3/c1-3-30-21(31)16-8-14(25)7-15(19(16)28-23(30)29-9-12-6-13(12)10-29)11(2)26-17-4-5-18(24)27-20(17)22(32)33/h4-5,7-8,11-13,26H,3,6,9-10H2,1-2H3,(H,32,33)/t11-,12?,13?/m0/s1. The summed E-state index contributed by atoms with van der Waals surface area (Å²) in [6.45, 7) is 5.80. The lowest BCUT2D eigenvalue weighted by atomic mass is 10.0. The number of carbonyl (C=O) groups is 1. The molecule has 1 saturated carbocycles. The molecule has 1 saturated heterocycles. The van der Waals surface area contributed by atoms with Crippen molar-refractivity contribution in [3.05, 3.63) is 56.8 Å². The molecular weight excluding hydrogens is 449 g/mol. The molecule has 3 atom stereocenters. The van der Waals surface area contributed by atoms with Crippen LogP contribution in [0.1, 0.15) is 42.4 Å². The number of anilines is 2. The van der Waals surface area contributed by atoms with Crippen molar-refractivity contribution in [1.82, 2.24) is 14.5 Å². The van der Waals surface area contributed by atoms with Gasteiger partial charge in [0.2, 0.25) is 5.95 Å². The van der Waals surface area contributed by atoms with Gasteiger partial charge in [-0.15, -0.1) is 0 Å². The van der Waals surface area contributed by atoms with Crippen molar-refractivity contribution in [2.45, 2.75) is 32.9 Å². The van der Waals surface area contributed by atoms with Crippen LogP contribution in [0.25, 0.3) is 10.9 Å². The van der Waals surface area contributed by atoms with Gasteiger partial charge in [-0.25, -0.2) is 19.2 Å². The maximum Gasteiger partial charge on any atom is 0.356 e. The fraction of sp³-hybridized carbons (Fsp3) is 0.391. The van der Waals surface area contributed by atoms with Crippen LogP contribution in [0.3, 0.4) is 0 Å². The number of piperidine rings is 1. The first-order valence-electron chi connectivity index (χ1n) is 10.9. The molecule has 0 radical (unpaired) electrons. The smallest absolute Gasteiger partial charge is 0.356 e. The number of halogens is 2. The van der Waals surface area contributed by atoms with Gasteiger partial charge in [-0.3, -0.25) is 9.36 Å². The molecule has 2 unspecified atom stereocenters. The van der Waals surface area contributed by atoms with E-state index < -0.39 is 17.8 Å². The highest BCUT2D eigenvalue weighted by atomic mass is 35.5. The zero-order valence-electron chi connectivity index (χ0n) is 18.2. The maximum absolute atomic E-state index is 14.6. The van der Waals surface area contributed by atoms with Gasteiger partial charge in [0.25, 0.3) is 5.56 Å². The third-order valence-corrected chi connectivity index (χ3v) is 6.72. The number of hydrogen-bond donors (Lipinski definition) is 2. The van der Waals surface area contributed by atoms with Crippen molar-refractivity contribution in [3.63, 3.8) is 0 Å². The van der Waals surface area contributed by atoms with Gasteiger partial charge in [-0.2, -0.15) is 0 Å². The molecule has 2 aliphatic rings. The lowest BCUT2D eigenvalue weighted by Gasteiger charge is -2.24. The van der Waals surface area contributed by atoms with Crippen LogP contribution in [-0.4, -0.2) is 38.7 Å². The van der Waals surface area contributed by atoms with E-state index in [2.05, 4.69) is 15.2 Å². The fourth-order valence-corrected chi connectivity index (χ4v) is 4.90. The number of rotatable bonds is 6. The molecule has 3 heterocycles. The van der Waals surface area contributed by atoms with Gasteiger partial charge in [-0.1, -0.05) is 11.6 Å². The van der Waals surface area contributed by atoms with Crippen LogP contribution in [0.2, 0.25) is 5.15 Å². The summed E-state index contributed by atoms with van der Waals surface area (Å²) in [6.07, 6.45) is 1.22. The van der Waals surface area contributed by atoms with Crippen molar-refractivity contribution in [3.8, 4) is 0 Å². The number of carboxylic acid groups (broad SMARTS) is 1. The number of nitrogens with zero attached hydrogens (tertiary/aromatic N) is 4. The molecule has 2 aromatic heterocycles. The Balaban J connectivity index is 1.61. The molecule has 3 aromatic rings. The number of fused-ring (bicyclic) bond motifs is 2. The Labute approximate surface area is 194 Å². The predicted molar refractivity (Wildman–Crippen MR) is 124 cm³/mol. The maximum atomic E-state index is 14.6. The zero-order chi connectivity index (χ0) is 23.4. The minimum absolute atomic E-state index is 0.0527. The third kappa shape index (κ3) is 3.80. The molecule has 0 spiro atoms. The summed E-state index contributed by atoms with van der Waals surface area (Å²) in [5.74, 6) is 0.110. The molecule has 172 valence electrons. The highest BCUT2D eigenvalue weighted by Gasteiger charge is 2.46. The number of pyridine rings is 1. The van der Waals surface area contributed by atoms with Gasteiger partial charge in [-0.05, 0) is 56.4 Å². The molecule has 8 nitrogen and oxygen atoms in total. The van der Waals surface area contributed by atoms with Crippen molar-refractivity contribution < 1.29 is 14.3 Å². The molecule has 33 heavy (non-hydrogen) atoms. The van der Waals surface area contributed by atoms with Crippen molar-refractivity contribution in [2.24, 2.45) is 11.8 Å². The van der Waals surface area contributed by atoms with Crippen molar-refractivity contribution in [1.29, 1.82) is 0 Å². The van der Waals surface area contributed by atoms with Gasteiger partial charge in [0.05, 0.1) is 22.6 Å². The predicted octanol–water partition coefficient (Wildman–Crippen LogP) is 3.93. The van der Waals surface area contributed by atoms with Gasteiger partial charge in [0.15, 0.2) is 5.69 Å². The van der Waals surface area contributed by atoms with E-state index in [0.29, 0.717) is 35.4 Å². The van der Waals surface area contributed by atoms with E-state index in [1.54, 1.807) is 11.5 Å². The molecule has 1 aliphatic carbocycles. The Morgan fingerprint density at radius 2 is 2.03 bits per heavy atom. The number of aromatic nitrogens is 3.